The number of carbonyl (C=O) groups excluding carboxylic acids is 2. The van der Waals surface area contributed by atoms with Gasteiger partial charge >= 0.3 is 5.97 Å². The Balaban J connectivity index is 1.82. The highest BCUT2D eigenvalue weighted by atomic mass is 16.6. The van der Waals surface area contributed by atoms with Crippen molar-refractivity contribution in [3.05, 3.63) is 33.4 Å². The number of carbonyl (C=O) groups is 2. The summed E-state index contributed by atoms with van der Waals surface area (Å²) in [4.78, 5) is 36.6. The molecule has 9 nitrogen and oxygen atoms in total. The molecule has 2 aliphatic heterocycles. The molecule has 188 valence electrons. The van der Waals surface area contributed by atoms with Gasteiger partial charge in [0.25, 0.3) is 0 Å². The van der Waals surface area contributed by atoms with Gasteiger partial charge in [-0.05, 0) is 38.3 Å². The normalized spacial score (nSPS) is 41.3. The molecule has 1 N–H and O–H groups in total. The number of fused-ring (bicyclic) bond motifs is 2. The summed E-state index contributed by atoms with van der Waals surface area (Å²) in [5, 5.41) is 21.8. The van der Waals surface area contributed by atoms with E-state index in [1.165, 1.54) is 14.0 Å². The number of esters is 1. The summed E-state index contributed by atoms with van der Waals surface area (Å²) in [6, 6.07) is 0. The molecule has 2 bridgehead atoms. The molecule has 0 aromatic rings. The lowest BCUT2D eigenvalue weighted by atomic mass is 9.58. The monoisotopic (exact) mass is 477 g/mol. The predicted octanol–water partition coefficient (Wildman–Crippen LogP) is 2.48. The number of nitrogens with zero attached hydrogens (tertiary/aromatic N) is 1. The summed E-state index contributed by atoms with van der Waals surface area (Å²) < 4.78 is 18.3. The van der Waals surface area contributed by atoms with Gasteiger partial charge < -0.3 is 19.3 Å². The van der Waals surface area contributed by atoms with Gasteiger partial charge in [-0.1, -0.05) is 26.0 Å². The molecule has 0 aromatic heterocycles. The number of aliphatic hydroxyl groups is 1. The van der Waals surface area contributed by atoms with Gasteiger partial charge in [-0.15, -0.1) is 0 Å². The van der Waals surface area contributed by atoms with Crippen molar-refractivity contribution < 1.29 is 33.8 Å². The highest BCUT2D eigenvalue weighted by molar-refractivity contribution is 5.86. The third kappa shape index (κ3) is 3.46. The molecule has 34 heavy (non-hydrogen) atoms. The van der Waals surface area contributed by atoms with Crippen LogP contribution in [0.3, 0.4) is 0 Å². The first-order valence-electron chi connectivity index (χ1n) is 12.0. The maximum absolute atomic E-state index is 13.3. The molecule has 0 amide bonds. The topological polar surface area (TPSA) is 125 Å². The van der Waals surface area contributed by atoms with Crippen molar-refractivity contribution in [2.24, 2.45) is 29.6 Å². The number of hydrogen-bond donors (Lipinski definition) is 1. The number of rotatable bonds is 7. The van der Waals surface area contributed by atoms with Gasteiger partial charge in [0.1, 0.15) is 11.9 Å². The summed E-state index contributed by atoms with van der Waals surface area (Å²) in [5.74, 6) is -2.26. The molecule has 2 fully saturated rings. The molecule has 1 unspecified atom stereocenters. The van der Waals surface area contributed by atoms with E-state index in [2.05, 4.69) is 0 Å². The zero-order valence-corrected chi connectivity index (χ0v) is 20.6. The third-order valence-corrected chi connectivity index (χ3v) is 8.89. The molecular formula is C25H35NO8. The Labute approximate surface area is 199 Å². The zero-order chi connectivity index (χ0) is 25.2. The van der Waals surface area contributed by atoms with Crippen molar-refractivity contribution in [3.63, 3.8) is 0 Å². The number of ketones is 1. The average Bonchev–Trinajstić information content (AvgIpc) is 3.08. The van der Waals surface area contributed by atoms with E-state index in [1.54, 1.807) is 13.8 Å². The van der Waals surface area contributed by atoms with Crippen molar-refractivity contribution in [2.75, 3.05) is 13.7 Å². The lowest BCUT2D eigenvalue weighted by Gasteiger charge is -2.54. The van der Waals surface area contributed by atoms with E-state index in [4.69, 9.17) is 14.2 Å². The van der Waals surface area contributed by atoms with Gasteiger partial charge in [0.2, 0.25) is 6.54 Å². The van der Waals surface area contributed by atoms with Crippen molar-refractivity contribution in [1.29, 1.82) is 0 Å². The van der Waals surface area contributed by atoms with Crippen LogP contribution in [0.25, 0.3) is 0 Å². The lowest BCUT2D eigenvalue weighted by Crippen LogP contribution is -2.62. The minimum Gasteiger partial charge on any atom is -0.457 e. The van der Waals surface area contributed by atoms with Gasteiger partial charge in [0, 0.05) is 42.1 Å². The molecule has 4 rings (SSSR count). The quantitative estimate of drug-likeness (QED) is 0.257. The number of hydrogen-bond acceptors (Lipinski definition) is 8. The second kappa shape index (κ2) is 8.53. The smallest absolute Gasteiger partial charge is 0.343 e. The summed E-state index contributed by atoms with van der Waals surface area (Å²) >= 11 is 0. The van der Waals surface area contributed by atoms with Crippen molar-refractivity contribution in [2.45, 2.75) is 77.0 Å². The molecule has 2 heterocycles. The SMILES string of the molecule is CO[C@]12C[C@H]3C=C[C@@H]4C[C@]3(O[C@H]4[C@H](C[N+](=O)[O-])C(C)C(C)=O)C(C)=C1[C@@H](C)[C@@H]([C@@H](C)O)OC2=O. The molecule has 9 heteroatoms. The van der Waals surface area contributed by atoms with Crippen LogP contribution >= 0.6 is 0 Å². The molecule has 2 aliphatic carbocycles. The Bertz CT molecular complexity index is 957. The number of ether oxygens (including phenoxy) is 3. The van der Waals surface area contributed by atoms with Crippen LogP contribution in [0.2, 0.25) is 0 Å². The van der Waals surface area contributed by atoms with Crippen LogP contribution in [0, 0.1) is 39.7 Å². The summed E-state index contributed by atoms with van der Waals surface area (Å²) in [6.45, 7) is 8.31. The van der Waals surface area contributed by atoms with Crippen molar-refractivity contribution >= 4 is 11.8 Å². The summed E-state index contributed by atoms with van der Waals surface area (Å²) in [6.07, 6.45) is 2.95. The van der Waals surface area contributed by atoms with Crippen molar-refractivity contribution in [3.8, 4) is 0 Å². The first kappa shape index (κ1) is 25.0. The van der Waals surface area contributed by atoms with Crippen LogP contribution in [0.1, 0.15) is 47.5 Å². The molecular weight excluding hydrogens is 442 g/mol. The lowest BCUT2D eigenvalue weighted by molar-refractivity contribution is -0.492. The number of Topliss-reactive ketones (excluding diaryl/α,β-unsaturated/α-hetero) is 1. The molecule has 2 saturated heterocycles. The largest absolute Gasteiger partial charge is 0.457 e. The second-order valence-corrected chi connectivity index (χ2v) is 10.6. The maximum Gasteiger partial charge on any atom is 0.343 e. The molecule has 0 aromatic carbocycles. The minimum absolute atomic E-state index is 0.0768. The van der Waals surface area contributed by atoms with Gasteiger partial charge in [0.15, 0.2) is 5.60 Å². The molecule has 10 atom stereocenters. The van der Waals surface area contributed by atoms with E-state index < -0.39 is 47.3 Å². The van der Waals surface area contributed by atoms with Gasteiger partial charge in [0.05, 0.1) is 23.7 Å². The Kier molecular flexibility index (Phi) is 6.28. The number of methoxy groups -OCH3 is 1. The van der Waals surface area contributed by atoms with Crippen LogP contribution in [-0.2, 0) is 23.8 Å². The molecule has 1 spiro atoms. The predicted molar refractivity (Wildman–Crippen MR) is 121 cm³/mol. The van der Waals surface area contributed by atoms with E-state index in [-0.39, 0.29) is 35.0 Å². The van der Waals surface area contributed by atoms with Crippen LogP contribution in [0.4, 0.5) is 0 Å². The molecule has 4 aliphatic rings. The van der Waals surface area contributed by atoms with E-state index in [0.717, 1.165) is 11.1 Å². The standard InChI is InChI=1S/C25H35NO8/c1-12(15(4)27)19(11-26(30)31)22-17-7-8-18-10-25(32-6)20(14(3)24(18,9-17)34-22)13(2)21(16(5)28)33-23(25)29/h7-8,12-13,16-19,21-22,28H,9-11H2,1-6H3/t12?,13-,16-,17-,18-,19-,21+,22-,24+,25-/m1/s1. The Morgan fingerprint density at radius 2 is 2.00 bits per heavy atom. The number of cyclic esters (lactones) is 1. The van der Waals surface area contributed by atoms with E-state index in [1.807, 2.05) is 26.0 Å². The Morgan fingerprint density at radius 3 is 2.56 bits per heavy atom. The van der Waals surface area contributed by atoms with Crippen LogP contribution in [0.5, 0.6) is 0 Å². The molecule has 0 radical (unpaired) electrons. The van der Waals surface area contributed by atoms with Crippen LogP contribution in [-0.4, -0.2) is 65.0 Å². The third-order valence-electron chi connectivity index (χ3n) is 8.89. The fraction of sp³-hybridized carbons (Fsp3) is 0.760. The Morgan fingerprint density at radius 1 is 1.32 bits per heavy atom. The van der Waals surface area contributed by atoms with Crippen molar-refractivity contribution in [1.82, 2.24) is 0 Å². The minimum atomic E-state index is -1.27. The zero-order valence-electron chi connectivity index (χ0n) is 20.6. The fourth-order valence-corrected chi connectivity index (χ4v) is 7.00. The average molecular weight is 478 g/mol. The summed E-state index contributed by atoms with van der Waals surface area (Å²) in [7, 11) is 1.50. The number of nitro groups is 1. The van der Waals surface area contributed by atoms with E-state index in [0.29, 0.717) is 12.8 Å². The van der Waals surface area contributed by atoms with Gasteiger partial charge in [-0.2, -0.15) is 0 Å². The second-order valence-electron chi connectivity index (χ2n) is 10.6. The highest BCUT2D eigenvalue weighted by Gasteiger charge is 2.66. The van der Waals surface area contributed by atoms with Crippen LogP contribution < -0.4 is 0 Å². The molecule has 0 saturated carbocycles. The van der Waals surface area contributed by atoms with Gasteiger partial charge in [-0.3, -0.25) is 14.9 Å². The van der Waals surface area contributed by atoms with Gasteiger partial charge in [-0.25, -0.2) is 4.79 Å². The van der Waals surface area contributed by atoms with E-state index in [9.17, 15) is 24.8 Å². The first-order valence-corrected chi connectivity index (χ1v) is 12.0. The summed E-state index contributed by atoms with van der Waals surface area (Å²) in [5.41, 5.74) is -0.376. The number of aliphatic hydroxyl groups excluding tert-OH is 1. The maximum atomic E-state index is 13.3. The van der Waals surface area contributed by atoms with E-state index >= 15 is 0 Å². The van der Waals surface area contributed by atoms with Crippen LogP contribution in [0.15, 0.2) is 23.3 Å². The highest BCUT2D eigenvalue weighted by Crippen LogP contribution is 2.60. The fourth-order valence-electron chi connectivity index (χ4n) is 7.00. The first-order chi connectivity index (χ1) is 15.9. The Hall–Kier alpha value is -2.10.